The Balaban J connectivity index is 0.000000303. The first kappa shape index (κ1) is 34.5. The van der Waals surface area contributed by atoms with E-state index in [9.17, 15) is 10.2 Å². The van der Waals surface area contributed by atoms with Gasteiger partial charge in [-0.1, -0.05) is 102 Å². The van der Waals surface area contributed by atoms with Crippen LogP contribution in [0.5, 0.6) is 11.5 Å². The van der Waals surface area contributed by atoms with Gasteiger partial charge in [0.2, 0.25) is 0 Å². The summed E-state index contributed by atoms with van der Waals surface area (Å²) in [5.74, 6) is 1.68. The number of benzene rings is 4. The number of hydrogen-bond donors (Lipinski definition) is 2. The van der Waals surface area contributed by atoms with E-state index in [-0.39, 0.29) is 35.6 Å². The number of halogens is 2. The first-order chi connectivity index (χ1) is 17.4. The summed E-state index contributed by atoms with van der Waals surface area (Å²) < 4.78 is 6.84. The Hall–Kier alpha value is -2.56. The summed E-state index contributed by atoms with van der Waals surface area (Å²) in [6, 6.07) is 27.4. The van der Waals surface area contributed by atoms with E-state index < -0.39 is 0 Å². The fourth-order valence-electron chi connectivity index (χ4n) is 4.27. The van der Waals surface area contributed by atoms with E-state index in [1.165, 1.54) is 11.1 Å². The van der Waals surface area contributed by atoms with E-state index in [0.29, 0.717) is 11.5 Å². The van der Waals surface area contributed by atoms with Crippen molar-refractivity contribution in [3.63, 3.8) is 0 Å². The van der Waals surface area contributed by atoms with Crippen LogP contribution in [0.15, 0.2) is 95.6 Å². The third kappa shape index (κ3) is 8.98. The summed E-state index contributed by atoms with van der Waals surface area (Å²) in [5, 5.41) is 24.0. The summed E-state index contributed by atoms with van der Waals surface area (Å²) >= 11 is 1.94. The van der Waals surface area contributed by atoms with Gasteiger partial charge in [-0.3, -0.25) is 0 Å². The third-order valence-electron chi connectivity index (χ3n) is 6.07. The summed E-state index contributed by atoms with van der Waals surface area (Å²) in [5.41, 5.74) is 2.49. The average molecular weight is 601 g/mol. The number of fused-ring (bicyclic) bond motifs is 2. The van der Waals surface area contributed by atoms with Crippen molar-refractivity contribution in [2.45, 2.75) is 52.4 Å². The summed E-state index contributed by atoms with van der Waals surface area (Å²) in [4.78, 5) is 0. The minimum atomic E-state index is 0. The zero-order valence-corrected chi connectivity index (χ0v) is 26.6. The molecule has 0 aliphatic rings. The molecule has 0 amide bonds. The van der Waals surface area contributed by atoms with Crippen molar-refractivity contribution in [3.05, 3.63) is 108 Å². The fraction of sp³-hybridized carbons (Fsp3) is 0.242. The maximum atomic E-state index is 9.92. The Morgan fingerprint density at radius 1 is 0.590 bits per heavy atom. The van der Waals surface area contributed by atoms with Crippen molar-refractivity contribution >= 4 is 50.7 Å². The van der Waals surface area contributed by atoms with Crippen molar-refractivity contribution in [3.8, 4) is 11.5 Å². The van der Waals surface area contributed by atoms with Crippen LogP contribution in [0.4, 0.5) is 0 Å². The molecule has 39 heavy (non-hydrogen) atoms. The zero-order chi connectivity index (χ0) is 27.2. The molecule has 5 rings (SSSR count). The van der Waals surface area contributed by atoms with Gasteiger partial charge >= 0.3 is 52.9 Å². The van der Waals surface area contributed by atoms with Gasteiger partial charge in [0.1, 0.15) is 11.5 Å². The fourth-order valence-corrected chi connectivity index (χ4v) is 4.52. The standard InChI is InChI=1S/2C14H16O.C5H4O.2ClH.Ti/c2*1-14(2,3)11-8-4-6-10-7-5-9-12(15)13(10)11;1-5-3-2-4-6-5;;;/h2*4-9,15H,1-3H3;1-4H;2*1H;. The number of phenolic OH excluding ortho intramolecular Hbond substituents is 2. The molecule has 0 saturated carbocycles. The molecule has 0 aliphatic carbocycles. The molecule has 0 unspecified atom stereocenters. The van der Waals surface area contributed by atoms with Gasteiger partial charge < -0.3 is 10.2 Å². The van der Waals surface area contributed by atoms with Crippen LogP contribution in [0.25, 0.3) is 21.5 Å². The first-order valence-electron chi connectivity index (χ1n) is 12.4. The van der Waals surface area contributed by atoms with E-state index in [4.69, 9.17) is 4.42 Å². The van der Waals surface area contributed by atoms with Crippen LogP contribution in [-0.4, -0.2) is 14.5 Å². The molecule has 0 atom stereocenters. The number of aromatic hydroxyl groups is 2. The molecule has 5 aromatic rings. The topological polar surface area (TPSA) is 53.6 Å². The van der Waals surface area contributed by atoms with Gasteiger partial charge in [0.05, 0.1) is 0 Å². The molecule has 0 bridgehead atoms. The number of furan rings is 1. The maximum absolute atomic E-state index is 9.92. The molecule has 2 N–H and O–H groups in total. The molecule has 3 nitrogen and oxygen atoms in total. The second-order valence-corrected chi connectivity index (χ2v) is 11.5. The predicted octanol–water partition coefficient (Wildman–Crippen LogP) is 9.51. The molecular weight excluding hydrogens is 563 g/mol. The molecule has 1 aromatic heterocycles. The van der Waals surface area contributed by atoms with Crippen LogP contribution in [-0.2, 0) is 30.8 Å². The van der Waals surface area contributed by atoms with Gasteiger partial charge in [-0.05, 0) is 44.9 Å². The van der Waals surface area contributed by atoms with Gasteiger partial charge in [-0.2, -0.15) is 0 Å². The van der Waals surface area contributed by atoms with Gasteiger partial charge in [-0.25, -0.2) is 0 Å². The number of hydrogen-bond acceptors (Lipinski definition) is 3. The van der Waals surface area contributed by atoms with Gasteiger partial charge in [-0.15, -0.1) is 24.8 Å². The monoisotopic (exact) mass is 600 g/mol. The summed E-state index contributed by atoms with van der Waals surface area (Å²) in [6.45, 7) is 13.0. The summed E-state index contributed by atoms with van der Waals surface area (Å²) in [7, 11) is 0. The second kappa shape index (κ2) is 14.7. The molecule has 1 heterocycles. The number of rotatable bonds is 1. The van der Waals surface area contributed by atoms with E-state index in [1.807, 2.05) is 84.9 Å². The van der Waals surface area contributed by atoms with Gasteiger partial charge in [0, 0.05) is 10.8 Å². The minimum absolute atomic E-state index is 0. The van der Waals surface area contributed by atoms with Crippen LogP contribution < -0.4 is 0 Å². The van der Waals surface area contributed by atoms with Crippen LogP contribution in [0.1, 0.15) is 58.4 Å². The van der Waals surface area contributed by atoms with E-state index in [1.54, 1.807) is 18.4 Å². The average Bonchev–Trinajstić information content (AvgIpc) is 3.38. The molecular formula is C33H38Cl2O3Ti. The van der Waals surface area contributed by atoms with Crippen molar-refractivity contribution < 1.29 is 34.6 Å². The SMILES string of the molecule is CC(C)(C)c1cccc2cccc(O)c12.CC(C)(C)c1cccc2cccc(O)c12.Cl.Cl.[Ti]=[CH]c1ccco1. The van der Waals surface area contributed by atoms with Crippen molar-refractivity contribution in [1.29, 1.82) is 0 Å². The second-order valence-electron chi connectivity index (χ2n) is 11.0. The Kier molecular flexibility index (Phi) is 13.0. The van der Waals surface area contributed by atoms with Crippen LogP contribution in [0, 0.1) is 0 Å². The third-order valence-corrected chi connectivity index (χ3v) is 6.51. The van der Waals surface area contributed by atoms with Crippen molar-refractivity contribution in [2.75, 3.05) is 0 Å². The van der Waals surface area contributed by atoms with E-state index >= 15 is 0 Å². The first-order valence-corrected chi connectivity index (χ1v) is 13.3. The van der Waals surface area contributed by atoms with Gasteiger partial charge in [0.25, 0.3) is 0 Å². The Bertz CT molecular complexity index is 1380. The zero-order valence-electron chi connectivity index (χ0n) is 23.4. The van der Waals surface area contributed by atoms with E-state index in [2.05, 4.69) is 53.7 Å². The van der Waals surface area contributed by atoms with Crippen LogP contribution >= 0.6 is 24.8 Å². The molecule has 0 saturated heterocycles. The molecule has 206 valence electrons. The Morgan fingerprint density at radius 2 is 0.974 bits per heavy atom. The molecule has 0 aliphatic heterocycles. The Morgan fingerprint density at radius 3 is 1.26 bits per heavy atom. The number of phenols is 2. The van der Waals surface area contributed by atoms with Crippen molar-refractivity contribution in [2.24, 2.45) is 0 Å². The van der Waals surface area contributed by atoms with E-state index in [0.717, 1.165) is 27.3 Å². The Labute approximate surface area is 256 Å². The summed E-state index contributed by atoms with van der Waals surface area (Å²) in [6.07, 6.45) is 1.66. The molecule has 4 aromatic carbocycles. The van der Waals surface area contributed by atoms with Crippen molar-refractivity contribution in [1.82, 2.24) is 0 Å². The van der Waals surface area contributed by atoms with Gasteiger partial charge in [0.15, 0.2) is 0 Å². The normalized spacial score (nSPS) is 10.7. The van der Waals surface area contributed by atoms with Crippen LogP contribution in [0.3, 0.4) is 0 Å². The molecule has 0 spiro atoms. The molecule has 6 heteroatoms. The predicted molar refractivity (Wildman–Crippen MR) is 167 cm³/mol. The molecule has 0 fully saturated rings. The van der Waals surface area contributed by atoms with Crippen LogP contribution in [0.2, 0.25) is 0 Å². The quantitative estimate of drug-likeness (QED) is 0.188. The molecule has 0 radical (unpaired) electrons.